The van der Waals surface area contributed by atoms with Crippen molar-refractivity contribution in [3.8, 4) is 0 Å². The smallest absolute Gasteiger partial charge is 0.240 e. The molecule has 1 aliphatic rings. The number of aromatic nitrogens is 2. The van der Waals surface area contributed by atoms with Crippen LogP contribution in [-0.2, 0) is 27.7 Å². The Morgan fingerprint density at radius 3 is 2.82 bits per heavy atom. The van der Waals surface area contributed by atoms with Crippen molar-refractivity contribution in [1.82, 2.24) is 15.5 Å². The predicted octanol–water partition coefficient (Wildman–Crippen LogP) is 2.05. The van der Waals surface area contributed by atoms with E-state index in [-0.39, 0.29) is 17.1 Å². The van der Waals surface area contributed by atoms with E-state index in [9.17, 15) is 8.42 Å². The molecule has 1 N–H and O–H groups in total. The summed E-state index contributed by atoms with van der Waals surface area (Å²) >= 11 is 6.04. The van der Waals surface area contributed by atoms with Crippen LogP contribution in [0.5, 0.6) is 0 Å². The molecule has 0 saturated heterocycles. The zero-order valence-electron chi connectivity index (χ0n) is 12.0. The van der Waals surface area contributed by atoms with Crippen molar-refractivity contribution in [1.29, 1.82) is 0 Å². The number of nitrogens with one attached hydrogen (secondary N) is 1. The molecule has 0 bridgehead atoms. The van der Waals surface area contributed by atoms with Crippen LogP contribution in [0.15, 0.2) is 28.8 Å². The lowest BCUT2D eigenvalue weighted by Gasteiger charge is -2.16. The number of hydrogen-bond donors (Lipinski definition) is 1. The summed E-state index contributed by atoms with van der Waals surface area (Å²) in [5.74, 6) is 0.356. The Bertz CT molecular complexity index is 784. The summed E-state index contributed by atoms with van der Waals surface area (Å²) in [5.41, 5.74) is 1.03. The maximum Gasteiger partial charge on any atom is 0.240 e. The van der Waals surface area contributed by atoms with E-state index in [1.54, 1.807) is 0 Å². The highest BCUT2D eigenvalue weighted by molar-refractivity contribution is 7.89. The standard InChI is InChI=1S/C14H16ClN3O3S/c1-22(19,20)9-12-17-13(21-18-12)8-16-14(5-6-14)10-3-2-4-11(15)7-10/h2-4,7,16H,5-6,8-9H2,1H3. The van der Waals surface area contributed by atoms with Gasteiger partial charge in [-0.15, -0.1) is 0 Å². The molecule has 2 aromatic rings. The molecule has 0 aliphatic heterocycles. The van der Waals surface area contributed by atoms with E-state index in [1.807, 2.05) is 24.3 Å². The number of sulfone groups is 1. The zero-order valence-corrected chi connectivity index (χ0v) is 13.6. The summed E-state index contributed by atoms with van der Waals surface area (Å²) in [6.45, 7) is 0.392. The maximum atomic E-state index is 11.2. The molecule has 22 heavy (non-hydrogen) atoms. The van der Waals surface area contributed by atoms with Crippen LogP contribution in [0.25, 0.3) is 0 Å². The first-order valence-corrected chi connectivity index (χ1v) is 9.30. The Kier molecular flexibility index (Phi) is 3.96. The van der Waals surface area contributed by atoms with E-state index in [4.69, 9.17) is 16.1 Å². The largest absolute Gasteiger partial charge is 0.338 e. The molecule has 0 spiro atoms. The van der Waals surface area contributed by atoms with Crippen LogP contribution in [0.4, 0.5) is 0 Å². The highest BCUT2D eigenvalue weighted by atomic mass is 35.5. The van der Waals surface area contributed by atoms with Crippen molar-refractivity contribution in [2.45, 2.75) is 30.7 Å². The van der Waals surface area contributed by atoms with Gasteiger partial charge in [-0.25, -0.2) is 8.42 Å². The molecule has 1 aliphatic carbocycles. The predicted molar refractivity (Wildman–Crippen MR) is 82.0 cm³/mol. The van der Waals surface area contributed by atoms with Crippen molar-refractivity contribution in [3.05, 3.63) is 46.6 Å². The highest BCUT2D eigenvalue weighted by Crippen LogP contribution is 2.46. The number of hydrogen-bond acceptors (Lipinski definition) is 6. The van der Waals surface area contributed by atoms with E-state index in [0.717, 1.165) is 24.7 Å². The Balaban J connectivity index is 1.66. The van der Waals surface area contributed by atoms with Crippen LogP contribution in [-0.4, -0.2) is 24.8 Å². The van der Waals surface area contributed by atoms with Gasteiger partial charge in [-0.3, -0.25) is 5.32 Å². The Morgan fingerprint density at radius 1 is 1.41 bits per heavy atom. The van der Waals surface area contributed by atoms with Gasteiger partial charge >= 0.3 is 0 Å². The second kappa shape index (κ2) is 5.64. The molecule has 6 nitrogen and oxygen atoms in total. The molecular weight excluding hydrogens is 326 g/mol. The van der Waals surface area contributed by atoms with Crippen LogP contribution >= 0.6 is 11.6 Å². The maximum absolute atomic E-state index is 11.2. The fourth-order valence-electron chi connectivity index (χ4n) is 2.38. The van der Waals surface area contributed by atoms with Gasteiger partial charge in [0.1, 0.15) is 5.75 Å². The van der Waals surface area contributed by atoms with Crippen LogP contribution in [0.3, 0.4) is 0 Å². The molecular formula is C14H16ClN3O3S. The van der Waals surface area contributed by atoms with Crippen LogP contribution < -0.4 is 5.32 Å². The summed E-state index contributed by atoms with van der Waals surface area (Å²) in [6, 6.07) is 7.76. The number of nitrogens with zero attached hydrogens (tertiary/aromatic N) is 2. The van der Waals surface area contributed by atoms with Gasteiger partial charge in [0.15, 0.2) is 15.7 Å². The molecule has 0 unspecified atom stereocenters. The third-order valence-corrected chi connectivity index (χ3v) is 4.62. The van der Waals surface area contributed by atoms with E-state index in [0.29, 0.717) is 17.5 Å². The van der Waals surface area contributed by atoms with Gasteiger partial charge < -0.3 is 4.52 Å². The fraction of sp³-hybridized carbons (Fsp3) is 0.429. The minimum absolute atomic E-state index is 0.101. The fourth-order valence-corrected chi connectivity index (χ4v) is 3.16. The van der Waals surface area contributed by atoms with Crippen molar-refractivity contribution in [2.24, 2.45) is 0 Å². The summed E-state index contributed by atoms with van der Waals surface area (Å²) in [7, 11) is -3.16. The molecule has 8 heteroatoms. The molecule has 1 aromatic heterocycles. The van der Waals surface area contributed by atoms with Crippen LogP contribution in [0.1, 0.15) is 30.1 Å². The Labute approximate surface area is 133 Å². The minimum Gasteiger partial charge on any atom is -0.338 e. The van der Waals surface area contributed by atoms with Crippen molar-refractivity contribution in [2.75, 3.05) is 6.26 Å². The molecule has 1 heterocycles. The lowest BCUT2D eigenvalue weighted by Crippen LogP contribution is -2.28. The lowest BCUT2D eigenvalue weighted by molar-refractivity contribution is 0.351. The zero-order chi connectivity index (χ0) is 15.8. The molecule has 118 valence electrons. The third-order valence-electron chi connectivity index (χ3n) is 3.61. The summed E-state index contributed by atoms with van der Waals surface area (Å²) < 4.78 is 27.5. The minimum atomic E-state index is -3.16. The molecule has 0 radical (unpaired) electrons. The van der Waals surface area contributed by atoms with Gasteiger partial charge in [0, 0.05) is 16.8 Å². The number of rotatable bonds is 6. The third kappa shape index (κ3) is 3.66. The van der Waals surface area contributed by atoms with Gasteiger partial charge in [0.25, 0.3) is 0 Å². The summed E-state index contributed by atoms with van der Waals surface area (Å²) in [5, 5.41) is 7.79. The molecule has 0 atom stereocenters. The quantitative estimate of drug-likeness (QED) is 0.865. The van der Waals surface area contributed by atoms with Gasteiger partial charge in [-0.05, 0) is 30.5 Å². The average Bonchev–Trinajstić information content (AvgIpc) is 3.10. The van der Waals surface area contributed by atoms with Gasteiger partial charge in [-0.2, -0.15) is 4.98 Å². The molecule has 3 rings (SSSR count). The molecule has 1 aromatic carbocycles. The normalized spacial score (nSPS) is 16.6. The van der Waals surface area contributed by atoms with E-state index in [1.165, 1.54) is 0 Å². The Hall–Kier alpha value is -1.44. The number of halogens is 1. The lowest BCUT2D eigenvalue weighted by atomic mass is 10.1. The first kappa shape index (κ1) is 15.5. The first-order chi connectivity index (χ1) is 10.4. The van der Waals surface area contributed by atoms with Crippen molar-refractivity contribution >= 4 is 21.4 Å². The van der Waals surface area contributed by atoms with Gasteiger partial charge in [-0.1, -0.05) is 28.9 Å². The summed E-state index contributed by atoms with van der Waals surface area (Å²) in [6.07, 6.45) is 3.16. The van der Waals surface area contributed by atoms with E-state index in [2.05, 4.69) is 15.5 Å². The van der Waals surface area contributed by atoms with Crippen molar-refractivity contribution < 1.29 is 12.9 Å². The Morgan fingerprint density at radius 2 is 2.18 bits per heavy atom. The molecule has 1 fully saturated rings. The second-order valence-electron chi connectivity index (χ2n) is 5.62. The first-order valence-electron chi connectivity index (χ1n) is 6.87. The SMILES string of the molecule is CS(=O)(=O)Cc1noc(CNC2(c3cccc(Cl)c3)CC2)n1. The van der Waals surface area contributed by atoms with Crippen LogP contribution in [0.2, 0.25) is 5.02 Å². The molecule has 0 amide bonds. The highest BCUT2D eigenvalue weighted by Gasteiger charge is 2.44. The topological polar surface area (TPSA) is 85.1 Å². The van der Waals surface area contributed by atoms with E-state index >= 15 is 0 Å². The average molecular weight is 342 g/mol. The second-order valence-corrected chi connectivity index (χ2v) is 8.20. The monoisotopic (exact) mass is 341 g/mol. The molecule has 1 saturated carbocycles. The van der Waals surface area contributed by atoms with E-state index < -0.39 is 9.84 Å². The van der Waals surface area contributed by atoms with Gasteiger partial charge in [0.05, 0.1) is 6.54 Å². The summed E-state index contributed by atoms with van der Waals surface area (Å²) in [4.78, 5) is 4.09. The van der Waals surface area contributed by atoms with Crippen LogP contribution in [0, 0.1) is 0 Å². The van der Waals surface area contributed by atoms with Crippen molar-refractivity contribution in [3.63, 3.8) is 0 Å². The number of benzene rings is 1. The van der Waals surface area contributed by atoms with Gasteiger partial charge in [0.2, 0.25) is 5.89 Å².